The number of carbonyl (C=O) groups is 2. The second kappa shape index (κ2) is 42.3. The fraction of sp³-hybridized carbons (Fsp3) is 0.826. The Hall–Kier alpha value is -1.81. The van der Waals surface area contributed by atoms with Gasteiger partial charge in [0.1, 0.15) is 12.7 Å². The van der Waals surface area contributed by atoms with Gasteiger partial charge < -0.3 is 24.6 Å². The number of hydrogen-bond acceptors (Lipinski definition) is 9. The molecule has 0 amide bonds. The lowest BCUT2D eigenvalue weighted by Gasteiger charge is -2.20. The quantitative estimate of drug-likeness (QED) is 0.0235. The van der Waals surface area contributed by atoms with Crippen molar-refractivity contribution in [3.8, 4) is 0 Å². The zero-order chi connectivity index (χ0) is 41.9. The summed E-state index contributed by atoms with van der Waals surface area (Å²) in [6, 6.07) is 0. The highest BCUT2D eigenvalue weighted by Crippen LogP contribution is 2.43. The van der Waals surface area contributed by atoms with E-state index >= 15 is 0 Å². The fourth-order valence-electron chi connectivity index (χ4n) is 6.30. The van der Waals surface area contributed by atoms with Gasteiger partial charge in [0.2, 0.25) is 0 Å². The molecule has 0 radical (unpaired) electrons. The number of esters is 2. The molecule has 57 heavy (non-hydrogen) atoms. The highest BCUT2D eigenvalue weighted by Gasteiger charge is 2.27. The summed E-state index contributed by atoms with van der Waals surface area (Å²) in [6.07, 6.45) is 44.0. The molecule has 3 N–H and O–H groups in total. The minimum Gasteiger partial charge on any atom is -0.462 e. The van der Waals surface area contributed by atoms with Crippen LogP contribution in [0.2, 0.25) is 0 Å². The predicted molar refractivity (Wildman–Crippen MR) is 233 cm³/mol. The predicted octanol–water partition coefficient (Wildman–Crippen LogP) is 12.3. The molecule has 11 heteroatoms. The maximum Gasteiger partial charge on any atom is 0.472 e. The third-order valence-corrected chi connectivity index (χ3v) is 10.8. The van der Waals surface area contributed by atoms with E-state index in [1.807, 2.05) is 0 Å². The molecule has 0 aliphatic carbocycles. The summed E-state index contributed by atoms with van der Waals surface area (Å²) >= 11 is 0. The van der Waals surface area contributed by atoms with E-state index < -0.39 is 51.8 Å². The van der Waals surface area contributed by atoms with Gasteiger partial charge in [0.25, 0.3) is 0 Å². The number of unbranched alkanes of at least 4 members (excludes halogenated alkanes) is 23. The molecule has 0 aliphatic rings. The first-order valence-corrected chi connectivity index (χ1v) is 24.4. The molecule has 10 nitrogen and oxygen atoms in total. The second-order valence-electron chi connectivity index (χ2n) is 15.4. The second-order valence-corrected chi connectivity index (χ2v) is 16.9. The number of phosphoric ester groups is 1. The molecule has 0 aromatic rings. The van der Waals surface area contributed by atoms with Gasteiger partial charge in [0, 0.05) is 12.8 Å². The fourth-order valence-corrected chi connectivity index (χ4v) is 7.09. The molecule has 0 rings (SSSR count). The van der Waals surface area contributed by atoms with E-state index in [4.69, 9.17) is 23.6 Å². The molecule has 0 aromatic heterocycles. The number of hydrogen-bond donors (Lipinski definition) is 3. The van der Waals surface area contributed by atoms with Crippen molar-refractivity contribution in [1.29, 1.82) is 0 Å². The molecule has 0 saturated heterocycles. The molecule has 0 heterocycles. The van der Waals surface area contributed by atoms with Crippen LogP contribution in [0.3, 0.4) is 0 Å². The van der Waals surface area contributed by atoms with Crippen molar-refractivity contribution >= 4 is 19.8 Å². The molecule has 0 bridgehead atoms. The number of aliphatic hydroxyl groups excluding tert-OH is 2. The summed E-state index contributed by atoms with van der Waals surface area (Å²) in [5, 5.41) is 18.3. The van der Waals surface area contributed by atoms with Crippen molar-refractivity contribution in [2.45, 2.75) is 219 Å². The van der Waals surface area contributed by atoms with Crippen LogP contribution >= 0.6 is 7.82 Å². The van der Waals surface area contributed by atoms with Crippen molar-refractivity contribution in [2.24, 2.45) is 0 Å². The lowest BCUT2D eigenvalue weighted by molar-refractivity contribution is -0.161. The van der Waals surface area contributed by atoms with Gasteiger partial charge in [-0.1, -0.05) is 185 Å². The largest absolute Gasteiger partial charge is 0.472 e. The van der Waals surface area contributed by atoms with Gasteiger partial charge in [-0.25, -0.2) is 4.57 Å². The molecule has 334 valence electrons. The van der Waals surface area contributed by atoms with E-state index in [-0.39, 0.29) is 19.4 Å². The van der Waals surface area contributed by atoms with Crippen LogP contribution in [0.15, 0.2) is 36.5 Å². The van der Waals surface area contributed by atoms with Gasteiger partial charge in [-0.05, 0) is 44.9 Å². The Kier molecular flexibility index (Phi) is 41.0. The first-order valence-electron chi connectivity index (χ1n) is 22.9. The van der Waals surface area contributed by atoms with Crippen molar-refractivity contribution < 1.29 is 47.8 Å². The van der Waals surface area contributed by atoms with Crippen LogP contribution in [0.4, 0.5) is 0 Å². The zero-order valence-corrected chi connectivity index (χ0v) is 37.2. The highest BCUT2D eigenvalue weighted by atomic mass is 31.2. The molecule has 0 fully saturated rings. The van der Waals surface area contributed by atoms with Crippen molar-refractivity contribution in [3.05, 3.63) is 36.5 Å². The molecule has 0 spiro atoms. The molecule has 0 saturated carbocycles. The Bertz CT molecular complexity index is 1050. The third kappa shape index (κ3) is 42.1. The Balaban J connectivity index is 4.23. The van der Waals surface area contributed by atoms with Gasteiger partial charge >= 0.3 is 19.8 Å². The summed E-state index contributed by atoms with van der Waals surface area (Å²) in [5.41, 5.74) is 0. The maximum atomic E-state index is 12.6. The number of aliphatic hydroxyl groups is 2. The Labute approximate surface area is 348 Å². The average molecular weight is 829 g/mol. The summed E-state index contributed by atoms with van der Waals surface area (Å²) in [5.74, 6) is -0.937. The lowest BCUT2D eigenvalue weighted by atomic mass is 10.0. The third-order valence-electron chi connectivity index (χ3n) is 9.81. The first-order chi connectivity index (χ1) is 27.7. The summed E-state index contributed by atoms with van der Waals surface area (Å²) in [6.45, 7) is 2.27. The maximum absolute atomic E-state index is 12.6. The van der Waals surface area contributed by atoms with Crippen molar-refractivity contribution in [2.75, 3.05) is 26.4 Å². The highest BCUT2D eigenvalue weighted by molar-refractivity contribution is 7.47. The zero-order valence-electron chi connectivity index (χ0n) is 36.3. The van der Waals surface area contributed by atoms with Crippen LogP contribution < -0.4 is 0 Å². The van der Waals surface area contributed by atoms with Crippen LogP contribution in [0.25, 0.3) is 0 Å². The minimum atomic E-state index is -4.62. The number of rotatable bonds is 43. The smallest absolute Gasteiger partial charge is 0.462 e. The Morgan fingerprint density at radius 2 is 0.965 bits per heavy atom. The van der Waals surface area contributed by atoms with Crippen LogP contribution in [0, 0.1) is 0 Å². The molecule has 0 aromatic carbocycles. The standard InChI is InChI=1S/C46H85O10P/c1-3-5-7-9-11-13-15-17-19-20-21-22-24-25-27-29-31-33-35-37-45(49)53-41-44(42-55-57(51,52)54-40-43(48)39-47)56-46(50)38-36-34-32-30-28-26-23-18-16-14-12-10-8-6-4-2/h6,8,12,14,18,23,43-44,47-48H,3-5,7,9-11,13,15-17,19-22,24-42H2,1-2H3,(H,51,52)/b8-6+,14-12+,23-18+/t43-,44+/m0/s1. The summed E-state index contributed by atoms with van der Waals surface area (Å²) < 4.78 is 32.7. The first kappa shape index (κ1) is 55.2. The molecular formula is C46H85O10P. The monoisotopic (exact) mass is 829 g/mol. The lowest BCUT2D eigenvalue weighted by Crippen LogP contribution is -2.29. The topological polar surface area (TPSA) is 149 Å². The van der Waals surface area contributed by atoms with E-state index in [0.29, 0.717) is 12.8 Å². The Morgan fingerprint density at radius 1 is 0.544 bits per heavy atom. The number of ether oxygens (including phenoxy) is 2. The van der Waals surface area contributed by atoms with Crippen molar-refractivity contribution in [3.63, 3.8) is 0 Å². The summed E-state index contributed by atoms with van der Waals surface area (Å²) in [4.78, 5) is 35.0. The van der Waals surface area contributed by atoms with Gasteiger partial charge in [-0.15, -0.1) is 0 Å². The number of allylic oxidation sites excluding steroid dienone is 6. The van der Waals surface area contributed by atoms with Crippen LogP contribution in [-0.4, -0.2) is 65.7 Å². The van der Waals surface area contributed by atoms with Gasteiger partial charge in [0.15, 0.2) is 6.10 Å². The van der Waals surface area contributed by atoms with E-state index in [1.165, 1.54) is 96.3 Å². The summed E-state index contributed by atoms with van der Waals surface area (Å²) in [7, 11) is -4.62. The minimum absolute atomic E-state index is 0.166. The van der Waals surface area contributed by atoms with Gasteiger partial charge in [-0.2, -0.15) is 0 Å². The molecule has 3 atom stereocenters. The molecular weight excluding hydrogens is 743 g/mol. The van der Waals surface area contributed by atoms with Gasteiger partial charge in [-0.3, -0.25) is 18.6 Å². The van der Waals surface area contributed by atoms with E-state index in [1.54, 1.807) is 0 Å². The van der Waals surface area contributed by atoms with Crippen LogP contribution in [0.1, 0.15) is 206 Å². The number of carbonyl (C=O) groups excluding carboxylic acids is 2. The Morgan fingerprint density at radius 3 is 1.46 bits per heavy atom. The SMILES string of the molecule is CC/C=C/C/C=C/C/C=C/CCCCCCCC(=O)O[C@H](COC(=O)CCCCCCCCCCCCCCCCCCCCC)COP(=O)(O)OC[C@@H](O)CO. The van der Waals surface area contributed by atoms with Gasteiger partial charge in [0.05, 0.1) is 19.8 Å². The molecule has 0 aliphatic heterocycles. The van der Waals surface area contributed by atoms with E-state index in [2.05, 4.69) is 50.3 Å². The van der Waals surface area contributed by atoms with E-state index in [9.17, 15) is 24.2 Å². The molecule has 1 unspecified atom stereocenters. The number of phosphoric acid groups is 1. The van der Waals surface area contributed by atoms with Crippen molar-refractivity contribution in [1.82, 2.24) is 0 Å². The normalized spacial score (nSPS) is 14.1. The van der Waals surface area contributed by atoms with Crippen LogP contribution in [0.5, 0.6) is 0 Å². The average Bonchev–Trinajstić information content (AvgIpc) is 3.20. The van der Waals surface area contributed by atoms with E-state index in [0.717, 1.165) is 70.6 Å². The van der Waals surface area contributed by atoms with Crippen LogP contribution in [-0.2, 0) is 32.7 Å².